The van der Waals surface area contributed by atoms with Gasteiger partial charge in [0.25, 0.3) is 0 Å². The van der Waals surface area contributed by atoms with Gasteiger partial charge in [-0.25, -0.2) is 0 Å². The van der Waals surface area contributed by atoms with Gasteiger partial charge in [-0.2, -0.15) is 0 Å². The number of aliphatic hydroxyl groups is 1. The van der Waals surface area contributed by atoms with E-state index >= 15 is 0 Å². The van der Waals surface area contributed by atoms with Crippen molar-refractivity contribution in [1.29, 1.82) is 0 Å². The topological polar surface area (TPSA) is 67.5 Å². The quantitative estimate of drug-likeness (QED) is 0.666. The Morgan fingerprint density at radius 2 is 1.79 bits per heavy atom. The number of rotatable bonds is 5. The molecule has 0 spiro atoms. The van der Waals surface area contributed by atoms with E-state index in [1.54, 1.807) is 0 Å². The van der Waals surface area contributed by atoms with Gasteiger partial charge in [0.05, 0.1) is 6.10 Å². The van der Waals surface area contributed by atoms with Gasteiger partial charge in [-0.3, -0.25) is 0 Å². The van der Waals surface area contributed by atoms with Gasteiger partial charge < -0.3 is 20.9 Å². The number of nitrogens with one attached hydrogen (secondary N) is 1. The van der Waals surface area contributed by atoms with Crippen molar-refractivity contribution < 1.29 is 9.84 Å². The van der Waals surface area contributed by atoms with Crippen LogP contribution in [0.1, 0.15) is 55.5 Å². The minimum absolute atomic E-state index is 0. The third kappa shape index (κ3) is 5.85. The summed E-state index contributed by atoms with van der Waals surface area (Å²) in [6.45, 7) is 7.31. The monoisotopic (exact) mass is 426 g/mol. The van der Waals surface area contributed by atoms with Gasteiger partial charge in [0, 0.05) is 23.7 Å². The third-order valence-corrected chi connectivity index (χ3v) is 4.89. The highest BCUT2D eigenvalue weighted by Gasteiger charge is 2.32. The lowest BCUT2D eigenvalue weighted by Gasteiger charge is -2.37. The minimum Gasteiger partial charge on any atom is -0.489 e. The van der Waals surface area contributed by atoms with Crippen molar-refractivity contribution in [3.63, 3.8) is 0 Å². The van der Waals surface area contributed by atoms with Crippen LogP contribution in [0.5, 0.6) is 5.75 Å². The van der Waals surface area contributed by atoms with E-state index in [1.807, 2.05) is 42.5 Å². The van der Waals surface area contributed by atoms with Crippen LogP contribution in [-0.4, -0.2) is 16.7 Å². The van der Waals surface area contributed by atoms with Crippen LogP contribution in [0.15, 0.2) is 42.5 Å². The molecule has 1 aliphatic carbocycles. The van der Waals surface area contributed by atoms with Gasteiger partial charge in [-0.15, -0.1) is 24.8 Å². The first-order chi connectivity index (χ1) is 12.4. The second kappa shape index (κ2) is 10.5. The largest absolute Gasteiger partial charge is 0.489 e. The molecular weight excluding hydrogens is 395 g/mol. The minimum atomic E-state index is -0.522. The van der Waals surface area contributed by atoms with Crippen LogP contribution in [0.3, 0.4) is 0 Å². The fraction of sp³-hybridized carbons (Fsp3) is 0.455. The zero-order chi connectivity index (χ0) is 18.7. The van der Waals surface area contributed by atoms with E-state index < -0.39 is 6.10 Å². The highest BCUT2D eigenvalue weighted by atomic mass is 35.5. The molecule has 0 saturated heterocycles. The van der Waals surface area contributed by atoms with E-state index in [1.165, 1.54) is 0 Å². The summed E-state index contributed by atoms with van der Waals surface area (Å²) < 4.78 is 6.05. The molecule has 0 saturated carbocycles. The Morgan fingerprint density at radius 1 is 1.11 bits per heavy atom. The van der Waals surface area contributed by atoms with E-state index in [0.717, 1.165) is 40.8 Å². The van der Waals surface area contributed by atoms with Crippen molar-refractivity contribution in [1.82, 2.24) is 5.32 Å². The molecule has 2 aromatic carbocycles. The molecule has 2 aromatic rings. The van der Waals surface area contributed by atoms with Crippen LogP contribution in [-0.2, 0) is 19.6 Å². The summed E-state index contributed by atoms with van der Waals surface area (Å²) >= 11 is 0. The molecule has 28 heavy (non-hydrogen) atoms. The normalized spacial score (nSPS) is 18.5. The van der Waals surface area contributed by atoms with E-state index in [9.17, 15) is 5.11 Å². The second-order valence-corrected chi connectivity index (χ2v) is 8.07. The molecule has 1 aliphatic rings. The summed E-state index contributed by atoms with van der Waals surface area (Å²) in [4.78, 5) is 0. The maximum absolute atomic E-state index is 10.9. The smallest absolute Gasteiger partial charge is 0.124 e. The number of aliphatic hydroxyl groups excluding tert-OH is 1. The number of hydrogen-bond acceptors (Lipinski definition) is 4. The lowest BCUT2D eigenvalue weighted by molar-refractivity contribution is 0.0996. The van der Waals surface area contributed by atoms with Crippen molar-refractivity contribution in [2.75, 3.05) is 0 Å². The predicted molar refractivity (Wildman–Crippen MR) is 120 cm³/mol. The average Bonchev–Trinajstić information content (AvgIpc) is 2.61. The maximum Gasteiger partial charge on any atom is 0.124 e. The molecular formula is C22H32Cl2N2O2. The van der Waals surface area contributed by atoms with Crippen LogP contribution in [0.4, 0.5) is 0 Å². The standard InChI is InChI=1S/C22H30N2O2.2ClH/c1-22(2,3)24-19-11-9-16-17(21(19)25)10-12-20(18(16)13-23)26-14-15-7-5-4-6-8-15;;/h4-8,10,12,19,21,24-25H,9,11,13-14,23H2,1-3H3;2*1H/t19-,21-;;/m0../s1. The lowest BCUT2D eigenvalue weighted by Crippen LogP contribution is -2.48. The molecule has 156 valence electrons. The van der Waals surface area contributed by atoms with Gasteiger partial charge in [0.15, 0.2) is 0 Å². The van der Waals surface area contributed by atoms with Crippen LogP contribution < -0.4 is 15.8 Å². The summed E-state index contributed by atoms with van der Waals surface area (Å²) in [7, 11) is 0. The molecule has 0 heterocycles. The van der Waals surface area contributed by atoms with Crippen LogP contribution in [0, 0.1) is 0 Å². The van der Waals surface area contributed by atoms with Crippen LogP contribution >= 0.6 is 24.8 Å². The molecule has 0 fully saturated rings. The Bertz CT molecular complexity index is 748. The second-order valence-electron chi connectivity index (χ2n) is 8.07. The molecule has 0 bridgehead atoms. The van der Waals surface area contributed by atoms with Crippen LogP contribution in [0.2, 0.25) is 0 Å². The van der Waals surface area contributed by atoms with E-state index in [2.05, 4.69) is 26.1 Å². The summed E-state index contributed by atoms with van der Waals surface area (Å²) in [6.07, 6.45) is 1.27. The number of fused-ring (bicyclic) bond motifs is 1. The molecule has 4 nitrogen and oxygen atoms in total. The number of ether oxygens (including phenoxy) is 1. The number of nitrogens with two attached hydrogens (primary N) is 1. The Hall–Kier alpha value is -1.30. The SMILES string of the molecule is CC(C)(C)N[C@H]1CCc2c(ccc(OCc3ccccc3)c2CN)[C@@H]1O.Cl.Cl. The third-order valence-electron chi connectivity index (χ3n) is 4.89. The molecule has 2 atom stereocenters. The Balaban J connectivity index is 0.00000196. The summed E-state index contributed by atoms with van der Waals surface area (Å²) in [5.41, 5.74) is 10.3. The first kappa shape index (κ1) is 24.7. The highest BCUT2D eigenvalue weighted by Crippen LogP contribution is 2.37. The Morgan fingerprint density at radius 3 is 2.39 bits per heavy atom. The Labute approximate surface area is 180 Å². The van der Waals surface area contributed by atoms with Gasteiger partial charge in [-0.1, -0.05) is 36.4 Å². The fourth-order valence-corrected chi connectivity index (χ4v) is 3.74. The molecule has 0 amide bonds. The van der Waals surface area contributed by atoms with Crippen LogP contribution in [0.25, 0.3) is 0 Å². The average molecular weight is 427 g/mol. The first-order valence-corrected chi connectivity index (χ1v) is 9.36. The van der Waals surface area contributed by atoms with Gasteiger partial charge in [0.1, 0.15) is 12.4 Å². The van der Waals surface area contributed by atoms with Gasteiger partial charge in [0.2, 0.25) is 0 Å². The van der Waals surface area contributed by atoms with Crippen molar-refractivity contribution >= 4 is 24.8 Å². The molecule has 4 N–H and O–H groups in total. The molecule has 3 rings (SSSR count). The van der Waals surface area contributed by atoms with E-state index in [-0.39, 0.29) is 36.4 Å². The van der Waals surface area contributed by atoms with E-state index in [4.69, 9.17) is 10.5 Å². The zero-order valence-electron chi connectivity index (χ0n) is 16.8. The van der Waals surface area contributed by atoms with Crippen molar-refractivity contribution in [2.24, 2.45) is 5.73 Å². The summed E-state index contributed by atoms with van der Waals surface area (Å²) in [5, 5.41) is 14.4. The lowest BCUT2D eigenvalue weighted by atomic mass is 9.82. The maximum atomic E-state index is 10.9. The van der Waals surface area contributed by atoms with Gasteiger partial charge >= 0.3 is 0 Å². The van der Waals surface area contributed by atoms with Crippen molar-refractivity contribution in [2.45, 2.75) is 64.4 Å². The summed E-state index contributed by atoms with van der Waals surface area (Å²) in [5.74, 6) is 0.824. The first-order valence-electron chi connectivity index (χ1n) is 9.36. The van der Waals surface area contributed by atoms with Crippen molar-refractivity contribution in [3.05, 3.63) is 64.7 Å². The molecule has 0 aliphatic heterocycles. The molecule has 6 heteroatoms. The molecule has 0 aromatic heterocycles. The fourth-order valence-electron chi connectivity index (χ4n) is 3.74. The summed E-state index contributed by atoms with van der Waals surface area (Å²) in [6, 6.07) is 14.1. The number of hydrogen-bond donors (Lipinski definition) is 3. The highest BCUT2D eigenvalue weighted by molar-refractivity contribution is 5.85. The molecule has 0 radical (unpaired) electrons. The number of halogens is 2. The van der Waals surface area contributed by atoms with Gasteiger partial charge in [-0.05, 0) is 56.4 Å². The predicted octanol–water partition coefficient (Wildman–Crippen LogP) is 4.30. The van der Waals surface area contributed by atoms with E-state index in [0.29, 0.717) is 13.2 Å². The Kier molecular flexibility index (Phi) is 9.25. The number of benzene rings is 2. The van der Waals surface area contributed by atoms with Crippen molar-refractivity contribution in [3.8, 4) is 5.75 Å². The molecule has 0 unspecified atom stereocenters. The zero-order valence-corrected chi connectivity index (χ0v) is 18.4.